The molecule has 3 aromatic carbocycles. The molecular weight excluding hydrogens is 240 g/mol. The molecular formula is C20H18. The summed E-state index contributed by atoms with van der Waals surface area (Å²) in [6.45, 7) is 2.26. The summed E-state index contributed by atoms with van der Waals surface area (Å²) >= 11 is 0. The average molecular weight is 258 g/mol. The van der Waals surface area contributed by atoms with Gasteiger partial charge in [0.1, 0.15) is 0 Å². The van der Waals surface area contributed by atoms with E-state index in [1.807, 2.05) is 0 Å². The molecule has 1 atom stereocenters. The predicted octanol–water partition coefficient (Wildman–Crippen LogP) is 5.51. The van der Waals surface area contributed by atoms with E-state index in [1.54, 1.807) is 0 Å². The lowest BCUT2D eigenvalue weighted by Gasteiger charge is -2.13. The van der Waals surface area contributed by atoms with Crippen LogP contribution in [0.1, 0.15) is 24.0 Å². The Kier molecular flexibility index (Phi) is 3.64. The Morgan fingerprint density at radius 1 is 0.500 bits per heavy atom. The van der Waals surface area contributed by atoms with Crippen molar-refractivity contribution >= 4 is 0 Å². The van der Waals surface area contributed by atoms with Crippen LogP contribution >= 0.6 is 0 Å². The molecule has 0 spiro atoms. The molecule has 0 heterocycles. The highest BCUT2D eigenvalue weighted by atomic mass is 14.1. The molecule has 0 radical (unpaired) electrons. The van der Waals surface area contributed by atoms with Crippen molar-refractivity contribution < 1.29 is 0 Å². The minimum absolute atomic E-state index is 0.432. The maximum absolute atomic E-state index is 2.26. The molecule has 98 valence electrons. The second kappa shape index (κ2) is 5.75. The first-order valence-electron chi connectivity index (χ1n) is 7.05. The van der Waals surface area contributed by atoms with Crippen LogP contribution in [0.2, 0.25) is 0 Å². The van der Waals surface area contributed by atoms with Crippen molar-refractivity contribution in [3.05, 3.63) is 96.1 Å². The van der Waals surface area contributed by atoms with Gasteiger partial charge < -0.3 is 0 Å². The van der Waals surface area contributed by atoms with E-state index in [4.69, 9.17) is 0 Å². The minimum atomic E-state index is 0.432. The number of rotatable bonds is 3. The maximum Gasteiger partial charge on any atom is 0.00610 e. The first kappa shape index (κ1) is 12.7. The molecule has 0 unspecified atom stereocenters. The quantitative estimate of drug-likeness (QED) is 0.581. The zero-order valence-corrected chi connectivity index (χ0v) is 11.7. The summed E-state index contributed by atoms with van der Waals surface area (Å²) in [6, 6.07) is 30.1. The first-order chi connectivity index (χ1) is 9.84. The van der Waals surface area contributed by atoms with Gasteiger partial charge in [-0.25, -0.2) is 0 Å². The van der Waals surface area contributed by atoms with Crippen molar-refractivity contribution in [3.8, 4) is 11.1 Å². The van der Waals surface area contributed by atoms with E-state index < -0.39 is 0 Å². The van der Waals surface area contributed by atoms with Crippen LogP contribution in [0.15, 0.2) is 84.9 Å². The minimum Gasteiger partial charge on any atom is -0.0622 e. The summed E-state index contributed by atoms with van der Waals surface area (Å²) in [5.74, 6) is 0.432. The topological polar surface area (TPSA) is 0 Å². The summed E-state index contributed by atoms with van der Waals surface area (Å²) in [4.78, 5) is 0. The third-order valence-electron chi connectivity index (χ3n) is 3.82. The molecule has 0 bridgehead atoms. The SMILES string of the molecule is C[C@H](c1ccccc1)c1ccc(-c2ccccc2)cc1. The average Bonchev–Trinajstić information content (AvgIpc) is 2.56. The van der Waals surface area contributed by atoms with Gasteiger partial charge in [-0.3, -0.25) is 0 Å². The lowest BCUT2D eigenvalue weighted by atomic mass is 9.92. The zero-order chi connectivity index (χ0) is 13.8. The van der Waals surface area contributed by atoms with E-state index in [-0.39, 0.29) is 0 Å². The highest BCUT2D eigenvalue weighted by molar-refractivity contribution is 5.63. The van der Waals surface area contributed by atoms with Gasteiger partial charge >= 0.3 is 0 Å². The molecule has 0 saturated carbocycles. The Hall–Kier alpha value is -2.34. The van der Waals surface area contributed by atoms with Crippen molar-refractivity contribution in [1.29, 1.82) is 0 Å². The standard InChI is InChI=1S/C20H18/c1-16(17-8-4-2-5-9-17)18-12-14-20(15-13-18)19-10-6-3-7-11-19/h2-16H,1H3/t16-/m1/s1. The van der Waals surface area contributed by atoms with Gasteiger partial charge in [0.05, 0.1) is 0 Å². The summed E-state index contributed by atoms with van der Waals surface area (Å²) in [7, 11) is 0. The van der Waals surface area contributed by atoms with Gasteiger partial charge in [0.25, 0.3) is 0 Å². The van der Waals surface area contributed by atoms with Crippen molar-refractivity contribution in [1.82, 2.24) is 0 Å². The third kappa shape index (κ3) is 2.65. The van der Waals surface area contributed by atoms with Gasteiger partial charge in [0.15, 0.2) is 0 Å². The molecule has 0 aliphatic heterocycles. The van der Waals surface area contributed by atoms with Crippen molar-refractivity contribution in [2.24, 2.45) is 0 Å². The molecule has 0 amide bonds. The number of benzene rings is 3. The summed E-state index contributed by atoms with van der Waals surface area (Å²) in [5.41, 5.74) is 5.26. The molecule has 0 heteroatoms. The molecule has 0 nitrogen and oxygen atoms in total. The van der Waals surface area contributed by atoms with E-state index in [0.29, 0.717) is 5.92 Å². The van der Waals surface area contributed by atoms with Gasteiger partial charge in [-0.05, 0) is 22.3 Å². The van der Waals surface area contributed by atoms with E-state index >= 15 is 0 Å². The zero-order valence-electron chi connectivity index (χ0n) is 11.7. The molecule has 3 aromatic rings. The highest BCUT2D eigenvalue weighted by Crippen LogP contribution is 2.26. The molecule has 0 saturated heterocycles. The molecule has 0 aliphatic rings. The third-order valence-corrected chi connectivity index (χ3v) is 3.82. The number of hydrogen-bond donors (Lipinski definition) is 0. The Balaban J connectivity index is 1.87. The molecule has 3 rings (SSSR count). The Bertz CT molecular complexity index is 651. The fourth-order valence-corrected chi connectivity index (χ4v) is 2.53. The van der Waals surface area contributed by atoms with Gasteiger partial charge in [-0.15, -0.1) is 0 Å². The normalized spacial score (nSPS) is 12.1. The van der Waals surface area contributed by atoms with Crippen LogP contribution in [-0.2, 0) is 0 Å². The second-order valence-electron chi connectivity index (χ2n) is 5.12. The van der Waals surface area contributed by atoms with Gasteiger partial charge in [-0.1, -0.05) is 91.9 Å². The Morgan fingerprint density at radius 2 is 0.950 bits per heavy atom. The molecule has 0 aromatic heterocycles. The van der Waals surface area contributed by atoms with Crippen molar-refractivity contribution in [2.45, 2.75) is 12.8 Å². The van der Waals surface area contributed by atoms with E-state index in [9.17, 15) is 0 Å². The van der Waals surface area contributed by atoms with Crippen LogP contribution in [0.5, 0.6) is 0 Å². The fourth-order valence-electron chi connectivity index (χ4n) is 2.53. The van der Waals surface area contributed by atoms with Gasteiger partial charge in [0, 0.05) is 5.92 Å². The largest absolute Gasteiger partial charge is 0.0622 e. The van der Waals surface area contributed by atoms with Crippen LogP contribution in [-0.4, -0.2) is 0 Å². The van der Waals surface area contributed by atoms with Crippen LogP contribution in [0, 0.1) is 0 Å². The lowest BCUT2D eigenvalue weighted by Crippen LogP contribution is -1.95. The second-order valence-corrected chi connectivity index (χ2v) is 5.12. The molecule has 0 fully saturated rings. The van der Waals surface area contributed by atoms with Crippen molar-refractivity contribution in [2.75, 3.05) is 0 Å². The summed E-state index contributed by atoms with van der Waals surface area (Å²) in [5, 5.41) is 0. The van der Waals surface area contributed by atoms with E-state index in [0.717, 1.165) is 0 Å². The van der Waals surface area contributed by atoms with Crippen LogP contribution in [0.3, 0.4) is 0 Å². The molecule has 20 heavy (non-hydrogen) atoms. The highest BCUT2D eigenvalue weighted by Gasteiger charge is 2.07. The first-order valence-corrected chi connectivity index (χ1v) is 7.05. The van der Waals surface area contributed by atoms with Crippen LogP contribution < -0.4 is 0 Å². The molecule has 0 aliphatic carbocycles. The van der Waals surface area contributed by atoms with Crippen molar-refractivity contribution in [3.63, 3.8) is 0 Å². The summed E-state index contributed by atoms with van der Waals surface area (Å²) in [6.07, 6.45) is 0. The predicted molar refractivity (Wildman–Crippen MR) is 85.8 cm³/mol. The van der Waals surface area contributed by atoms with Crippen LogP contribution in [0.4, 0.5) is 0 Å². The maximum atomic E-state index is 2.26. The van der Waals surface area contributed by atoms with Gasteiger partial charge in [-0.2, -0.15) is 0 Å². The van der Waals surface area contributed by atoms with Gasteiger partial charge in [0.2, 0.25) is 0 Å². The number of hydrogen-bond acceptors (Lipinski definition) is 0. The summed E-state index contributed by atoms with van der Waals surface area (Å²) < 4.78 is 0. The van der Waals surface area contributed by atoms with E-state index in [2.05, 4.69) is 91.9 Å². The lowest BCUT2D eigenvalue weighted by molar-refractivity contribution is 0.923. The fraction of sp³-hybridized carbons (Fsp3) is 0.100. The smallest absolute Gasteiger partial charge is 0.00610 e. The molecule has 0 N–H and O–H groups in total. The Labute approximate surface area is 120 Å². The van der Waals surface area contributed by atoms with E-state index in [1.165, 1.54) is 22.3 Å². The van der Waals surface area contributed by atoms with Crippen LogP contribution in [0.25, 0.3) is 11.1 Å². The monoisotopic (exact) mass is 258 g/mol. The Morgan fingerprint density at radius 3 is 1.55 bits per heavy atom.